The van der Waals surface area contributed by atoms with Gasteiger partial charge in [-0.05, 0) is 12.7 Å². The van der Waals surface area contributed by atoms with E-state index in [1.807, 2.05) is 6.26 Å². The van der Waals surface area contributed by atoms with Gasteiger partial charge in [0.1, 0.15) is 0 Å². The Morgan fingerprint density at radius 3 is 2.69 bits per heavy atom. The maximum absolute atomic E-state index is 11.3. The molecular weight excluding hydrogens is 184 g/mol. The number of hydrogen-bond donors (Lipinski definition) is 2. The second kappa shape index (κ2) is 3.88. The van der Waals surface area contributed by atoms with Crippen LogP contribution in [0.5, 0.6) is 0 Å². The molecule has 13 heavy (non-hydrogen) atoms. The average Bonchev–Trinajstić information content (AvgIpc) is 2.04. The van der Waals surface area contributed by atoms with Crippen LogP contribution in [0.4, 0.5) is 0 Å². The fourth-order valence-corrected chi connectivity index (χ4v) is 1.92. The van der Waals surface area contributed by atoms with Gasteiger partial charge in [0.05, 0.1) is 5.75 Å². The van der Waals surface area contributed by atoms with Gasteiger partial charge in [-0.2, -0.15) is 11.8 Å². The lowest BCUT2D eigenvalue weighted by Crippen LogP contribution is -2.64. The van der Waals surface area contributed by atoms with Gasteiger partial charge in [0.2, 0.25) is 5.91 Å². The number of rotatable bonds is 3. The Hall–Kier alpha value is -0.220. The van der Waals surface area contributed by atoms with Gasteiger partial charge in [-0.25, -0.2) is 0 Å². The predicted molar refractivity (Wildman–Crippen MR) is 56.7 cm³/mol. The Bertz CT molecular complexity index is 206. The van der Waals surface area contributed by atoms with Crippen LogP contribution in [0.1, 0.15) is 20.3 Å². The molecule has 0 aromatic heterocycles. The number of nitrogens with one attached hydrogen (secondary N) is 1. The Labute approximate surface area is 83.8 Å². The summed E-state index contributed by atoms with van der Waals surface area (Å²) in [7, 11) is 0. The minimum absolute atomic E-state index is 0.0636. The molecule has 0 aromatic carbocycles. The van der Waals surface area contributed by atoms with Gasteiger partial charge in [0.15, 0.2) is 0 Å². The lowest BCUT2D eigenvalue weighted by Gasteiger charge is -2.50. The molecule has 0 aliphatic heterocycles. The van der Waals surface area contributed by atoms with Crippen LogP contribution >= 0.6 is 11.8 Å². The second-order valence-electron chi connectivity index (χ2n) is 4.22. The highest BCUT2D eigenvalue weighted by atomic mass is 32.2. The summed E-state index contributed by atoms with van der Waals surface area (Å²) in [5, 5.41) is 3.00. The lowest BCUT2D eigenvalue weighted by molar-refractivity contribution is -0.121. The van der Waals surface area contributed by atoms with Crippen molar-refractivity contribution in [3.63, 3.8) is 0 Å². The van der Waals surface area contributed by atoms with Gasteiger partial charge in [-0.1, -0.05) is 13.8 Å². The van der Waals surface area contributed by atoms with Crippen LogP contribution in [-0.4, -0.2) is 30.0 Å². The molecule has 0 bridgehead atoms. The monoisotopic (exact) mass is 202 g/mol. The molecule has 4 heteroatoms. The molecule has 0 radical (unpaired) electrons. The first-order chi connectivity index (χ1) is 5.98. The summed E-state index contributed by atoms with van der Waals surface area (Å²) in [6.07, 6.45) is 2.84. The van der Waals surface area contributed by atoms with Gasteiger partial charge in [-0.3, -0.25) is 4.79 Å². The molecule has 1 aliphatic rings. The molecule has 1 fully saturated rings. The molecule has 2 atom stereocenters. The predicted octanol–water partition coefficient (Wildman–Crippen LogP) is 0.591. The van der Waals surface area contributed by atoms with Crippen LogP contribution in [0.3, 0.4) is 0 Å². The van der Waals surface area contributed by atoms with Crippen LogP contribution in [-0.2, 0) is 4.79 Å². The van der Waals surface area contributed by atoms with Crippen molar-refractivity contribution in [3.8, 4) is 0 Å². The maximum atomic E-state index is 11.3. The fraction of sp³-hybridized carbons (Fsp3) is 0.889. The van der Waals surface area contributed by atoms with E-state index in [0.29, 0.717) is 5.75 Å². The third-order valence-electron chi connectivity index (χ3n) is 2.95. The van der Waals surface area contributed by atoms with E-state index in [2.05, 4.69) is 19.2 Å². The topological polar surface area (TPSA) is 55.1 Å². The number of thioether (sulfide) groups is 1. The van der Waals surface area contributed by atoms with Gasteiger partial charge in [-0.15, -0.1) is 0 Å². The smallest absolute Gasteiger partial charge is 0.230 e. The Morgan fingerprint density at radius 2 is 2.31 bits per heavy atom. The van der Waals surface area contributed by atoms with E-state index in [0.717, 1.165) is 6.42 Å². The molecule has 0 aromatic rings. The SMILES string of the molecule is CSCC(=O)NC1CC(N)C1(C)C. The largest absolute Gasteiger partial charge is 0.352 e. The average molecular weight is 202 g/mol. The fourth-order valence-electron chi connectivity index (χ4n) is 1.57. The van der Waals surface area contributed by atoms with Crippen LogP contribution in [0.2, 0.25) is 0 Å². The van der Waals surface area contributed by atoms with E-state index in [-0.39, 0.29) is 23.4 Å². The minimum atomic E-state index is 0.0636. The zero-order chi connectivity index (χ0) is 10.1. The molecule has 0 spiro atoms. The first-order valence-corrected chi connectivity index (χ1v) is 5.91. The number of nitrogens with two attached hydrogens (primary N) is 1. The first kappa shape index (κ1) is 10.9. The van der Waals surface area contributed by atoms with Crippen molar-refractivity contribution in [2.24, 2.45) is 11.1 Å². The van der Waals surface area contributed by atoms with Crippen molar-refractivity contribution >= 4 is 17.7 Å². The van der Waals surface area contributed by atoms with Crippen molar-refractivity contribution in [2.45, 2.75) is 32.4 Å². The zero-order valence-corrected chi connectivity index (χ0v) is 9.28. The molecule has 76 valence electrons. The molecule has 1 rings (SSSR count). The highest BCUT2D eigenvalue weighted by Gasteiger charge is 2.46. The van der Waals surface area contributed by atoms with E-state index in [9.17, 15) is 4.79 Å². The van der Waals surface area contributed by atoms with Gasteiger partial charge < -0.3 is 11.1 Å². The third-order valence-corrected chi connectivity index (χ3v) is 3.50. The van der Waals surface area contributed by atoms with Gasteiger partial charge >= 0.3 is 0 Å². The number of amides is 1. The van der Waals surface area contributed by atoms with Crippen molar-refractivity contribution in [1.82, 2.24) is 5.32 Å². The summed E-state index contributed by atoms with van der Waals surface area (Å²) < 4.78 is 0. The summed E-state index contributed by atoms with van der Waals surface area (Å²) in [6.45, 7) is 4.20. The summed E-state index contributed by atoms with van der Waals surface area (Å²) in [5.41, 5.74) is 5.90. The van der Waals surface area contributed by atoms with E-state index in [1.54, 1.807) is 11.8 Å². The van der Waals surface area contributed by atoms with Gasteiger partial charge in [0.25, 0.3) is 0 Å². The Balaban J connectivity index is 2.36. The summed E-state index contributed by atoms with van der Waals surface area (Å²) in [5.74, 6) is 0.666. The van der Waals surface area contributed by atoms with E-state index in [4.69, 9.17) is 5.73 Å². The van der Waals surface area contributed by atoms with Crippen molar-refractivity contribution in [2.75, 3.05) is 12.0 Å². The van der Waals surface area contributed by atoms with E-state index >= 15 is 0 Å². The Kier molecular flexibility index (Phi) is 3.24. The molecule has 0 saturated heterocycles. The molecule has 0 heterocycles. The number of hydrogen-bond acceptors (Lipinski definition) is 3. The molecule has 1 amide bonds. The third kappa shape index (κ3) is 2.17. The van der Waals surface area contributed by atoms with Crippen LogP contribution in [0.15, 0.2) is 0 Å². The highest BCUT2D eigenvalue weighted by molar-refractivity contribution is 7.99. The number of carbonyl (C=O) groups is 1. The molecule has 3 nitrogen and oxygen atoms in total. The van der Waals surface area contributed by atoms with Crippen LogP contribution in [0.25, 0.3) is 0 Å². The summed E-state index contributed by atoms with van der Waals surface area (Å²) in [4.78, 5) is 11.3. The number of carbonyl (C=O) groups excluding carboxylic acids is 1. The van der Waals surface area contributed by atoms with Gasteiger partial charge in [0, 0.05) is 17.5 Å². The molecule has 1 aliphatic carbocycles. The van der Waals surface area contributed by atoms with Crippen molar-refractivity contribution in [1.29, 1.82) is 0 Å². The summed E-state index contributed by atoms with van der Waals surface area (Å²) >= 11 is 1.54. The lowest BCUT2D eigenvalue weighted by atomic mass is 9.63. The highest BCUT2D eigenvalue weighted by Crippen LogP contribution is 2.38. The normalized spacial score (nSPS) is 30.8. The van der Waals surface area contributed by atoms with E-state index in [1.165, 1.54) is 0 Å². The maximum Gasteiger partial charge on any atom is 0.230 e. The van der Waals surface area contributed by atoms with Crippen LogP contribution in [0, 0.1) is 5.41 Å². The minimum Gasteiger partial charge on any atom is -0.352 e. The molecule has 3 N–H and O–H groups in total. The molecule has 2 unspecified atom stereocenters. The molecule has 1 saturated carbocycles. The van der Waals surface area contributed by atoms with E-state index < -0.39 is 0 Å². The van der Waals surface area contributed by atoms with Crippen molar-refractivity contribution in [3.05, 3.63) is 0 Å². The first-order valence-electron chi connectivity index (χ1n) is 4.52. The standard InChI is InChI=1S/C9H18N2OS/c1-9(2)6(10)4-7(9)11-8(12)5-13-3/h6-7H,4-5,10H2,1-3H3,(H,11,12). The Morgan fingerprint density at radius 1 is 1.69 bits per heavy atom. The second-order valence-corrected chi connectivity index (χ2v) is 5.08. The van der Waals surface area contributed by atoms with Crippen LogP contribution < -0.4 is 11.1 Å². The molecular formula is C9H18N2OS. The van der Waals surface area contributed by atoms with Crippen molar-refractivity contribution < 1.29 is 4.79 Å². The summed E-state index contributed by atoms with van der Waals surface area (Å²) in [6, 6.07) is 0.495. The quantitative estimate of drug-likeness (QED) is 0.704. The zero-order valence-electron chi connectivity index (χ0n) is 8.46.